The number of benzene rings is 2. The number of nitro groups is 1. The fourth-order valence-corrected chi connectivity index (χ4v) is 3.95. The molecule has 1 aliphatic rings. The second-order valence-corrected chi connectivity index (χ2v) is 6.76. The molecule has 24 heavy (non-hydrogen) atoms. The minimum Gasteiger partial charge on any atom is -0.337 e. The number of halogens is 1. The zero-order valence-electron chi connectivity index (χ0n) is 13.2. The molecule has 0 radical (unpaired) electrons. The largest absolute Gasteiger partial charge is 0.337 e. The van der Waals surface area contributed by atoms with E-state index in [1.54, 1.807) is 12.1 Å². The Kier molecular flexibility index (Phi) is 3.90. The average Bonchev–Trinajstić information content (AvgIpc) is 2.73. The van der Waals surface area contributed by atoms with Crippen LogP contribution in [0.2, 0.25) is 5.02 Å². The highest BCUT2D eigenvalue weighted by Crippen LogP contribution is 2.37. The van der Waals surface area contributed by atoms with E-state index < -0.39 is 0 Å². The molecule has 0 bridgehead atoms. The van der Waals surface area contributed by atoms with Crippen molar-refractivity contribution in [2.45, 2.75) is 25.3 Å². The molecule has 4 rings (SSSR count). The molecule has 2 aromatic carbocycles. The quantitative estimate of drug-likeness (QED) is 0.543. The van der Waals surface area contributed by atoms with Crippen molar-refractivity contribution in [3.63, 3.8) is 0 Å². The standard InChI is InChI=1S/C18H18ClN3O2/c19-12-3-5-17-15(10-12)16-11-14(22(23)24)4-6-18(16)21(17)13-2-1-8-20-9-7-13/h3-6,10-11,13,20H,1-2,7-9H2. The number of nitro benzene ring substituents is 1. The van der Waals surface area contributed by atoms with Gasteiger partial charge in [0.15, 0.2) is 0 Å². The second-order valence-electron chi connectivity index (χ2n) is 6.32. The number of rotatable bonds is 2. The van der Waals surface area contributed by atoms with E-state index in [1.807, 2.05) is 24.3 Å². The summed E-state index contributed by atoms with van der Waals surface area (Å²) in [5, 5.41) is 17.1. The van der Waals surface area contributed by atoms with Crippen LogP contribution in [0.3, 0.4) is 0 Å². The van der Waals surface area contributed by atoms with Gasteiger partial charge in [-0.05, 0) is 56.6 Å². The fourth-order valence-electron chi connectivity index (χ4n) is 3.78. The first-order valence-electron chi connectivity index (χ1n) is 8.23. The minimum absolute atomic E-state index is 0.115. The number of nitrogens with one attached hydrogen (secondary N) is 1. The van der Waals surface area contributed by atoms with E-state index in [9.17, 15) is 10.1 Å². The Balaban J connectivity index is 2.01. The van der Waals surface area contributed by atoms with Gasteiger partial charge in [0, 0.05) is 45.0 Å². The maximum absolute atomic E-state index is 11.2. The third-order valence-electron chi connectivity index (χ3n) is 4.87. The van der Waals surface area contributed by atoms with E-state index in [0.29, 0.717) is 11.1 Å². The lowest BCUT2D eigenvalue weighted by Gasteiger charge is -2.19. The summed E-state index contributed by atoms with van der Waals surface area (Å²) < 4.78 is 2.34. The molecule has 1 aliphatic heterocycles. The summed E-state index contributed by atoms with van der Waals surface area (Å²) in [6.45, 7) is 2.04. The normalized spacial score (nSPS) is 18.8. The van der Waals surface area contributed by atoms with Crippen LogP contribution in [0.25, 0.3) is 21.8 Å². The lowest BCUT2D eigenvalue weighted by atomic mass is 10.1. The van der Waals surface area contributed by atoms with Crippen LogP contribution in [0, 0.1) is 10.1 Å². The van der Waals surface area contributed by atoms with Gasteiger partial charge in [0.1, 0.15) is 0 Å². The van der Waals surface area contributed by atoms with Gasteiger partial charge in [0.05, 0.1) is 4.92 Å². The molecule has 1 fully saturated rings. The van der Waals surface area contributed by atoms with Crippen LogP contribution in [-0.4, -0.2) is 22.6 Å². The van der Waals surface area contributed by atoms with Crippen molar-refractivity contribution < 1.29 is 4.92 Å². The molecule has 1 saturated heterocycles. The highest BCUT2D eigenvalue weighted by Gasteiger charge is 2.21. The van der Waals surface area contributed by atoms with Crippen LogP contribution < -0.4 is 5.32 Å². The Morgan fingerprint density at radius 2 is 1.83 bits per heavy atom. The van der Waals surface area contributed by atoms with Gasteiger partial charge in [0.25, 0.3) is 5.69 Å². The molecule has 0 saturated carbocycles. The summed E-state index contributed by atoms with van der Waals surface area (Å²) in [4.78, 5) is 10.8. The van der Waals surface area contributed by atoms with Crippen LogP contribution in [0.15, 0.2) is 36.4 Å². The topological polar surface area (TPSA) is 60.1 Å². The molecule has 2 heterocycles. The van der Waals surface area contributed by atoms with Crippen LogP contribution in [0.5, 0.6) is 0 Å². The van der Waals surface area contributed by atoms with Crippen LogP contribution in [0.1, 0.15) is 25.3 Å². The Hall–Kier alpha value is -2.11. The molecule has 0 aliphatic carbocycles. The third-order valence-corrected chi connectivity index (χ3v) is 5.10. The number of aromatic nitrogens is 1. The fraction of sp³-hybridized carbons (Fsp3) is 0.333. The van der Waals surface area contributed by atoms with Gasteiger partial charge in [-0.2, -0.15) is 0 Å². The third kappa shape index (κ3) is 2.54. The summed E-state index contributed by atoms with van der Waals surface area (Å²) in [6.07, 6.45) is 3.29. The molecule has 1 atom stereocenters. The molecular weight excluding hydrogens is 326 g/mol. The lowest BCUT2D eigenvalue weighted by molar-refractivity contribution is -0.384. The lowest BCUT2D eigenvalue weighted by Crippen LogP contribution is -2.15. The van der Waals surface area contributed by atoms with E-state index in [0.717, 1.165) is 54.2 Å². The molecule has 5 nitrogen and oxygen atoms in total. The summed E-state index contributed by atoms with van der Waals surface area (Å²) >= 11 is 6.19. The van der Waals surface area contributed by atoms with Gasteiger partial charge in [-0.25, -0.2) is 0 Å². The first-order valence-corrected chi connectivity index (χ1v) is 8.61. The minimum atomic E-state index is -0.345. The Morgan fingerprint density at radius 3 is 2.62 bits per heavy atom. The first kappa shape index (κ1) is 15.4. The molecular formula is C18H18ClN3O2. The zero-order chi connectivity index (χ0) is 16.7. The number of hydrogen-bond donors (Lipinski definition) is 1. The molecule has 1 unspecified atom stereocenters. The maximum Gasteiger partial charge on any atom is 0.270 e. The van der Waals surface area contributed by atoms with Gasteiger partial charge >= 0.3 is 0 Å². The van der Waals surface area contributed by atoms with E-state index >= 15 is 0 Å². The summed E-state index contributed by atoms with van der Waals surface area (Å²) in [7, 11) is 0. The predicted molar refractivity (Wildman–Crippen MR) is 96.9 cm³/mol. The van der Waals surface area contributed by atoms with Gasteiger partial charge in [0.2, 0.25) is 0 Å². The number of nitrogens with zero attached hydrogens (tertiary/aromatic N) is 2. The molecule has 0 amide bonds. The van der Waals surface area contributed by atoms with Crippen molar-refractivity contribution in [3.05, 3.63) is 51.5 Å². The van der Waals surface area contributed by atoms with E-state index in [-0.39, 0.29) is 10.6 Å². The maximum atomic E-state index is 11.2. The van der Waals surface area contributed by atoms with Crippen LogP contribution >= 0.6 is 11.6 Å². The summed E-state index contributed by atoms with van der Waals surface area (Å²) in [5.41, 5.74) is 2.26. The number of fused-ring (bicyclic) bond motifs is 3. The van der Waals surface area contributed by atoms with Crippen molar-refractivity contribution in [3.8, 4) is 0 Å². The van der Waals surface area contributed by atoms with E-state index in [2.05, 4.69) is 9.88 Å². The molecule has 1 aromatic heterocycles. The monoisotopic (exact) mass is 343 g/mol. The van der Waals surface area contributed by atoms with Crippen LogP contribution in [-0.2, 0) is 0 Å². The van der Waals surface area contributed by atoms with Gasteiger partial charge in [-0.15, -0.1) is 0 Å². The van der Waals surface area contributed by atoms with Crippen molar-refractivity contribution in [2.75, 3.05) is 13.1 Å². The van der Waals surface area contributed by atoms with Crippen molar-refractivity contribution in [1.82, 2.24) is 9.88 Å². The molecule has 1 N–H and O–H groups in total. The van der Waals surface area contributed by atoms with Crippen molar-refractivity contribution in [1.29, 1.82) is 0 Å². The second kappa shape index (κ2) is 6.07. The summed E-state index contributed by atoms with van der Waals surface area (Å²) in [5.74, 6) is 0. The Labute approximate surface area is 144 Å². The molecule has 3 aromatic rings. The smallest absolute Gasteiger partial charge is 0.270 e. The van der Waals surface area contributed by atoms with Crippen molar-refractivity contribution >= 4 is 39.1 Å². The average molecular weight is 344 g/mol. The van der Waals surface area contributed by atoms with E-state index in [4.69, 9.17) is 11.6 Å². The SMILES string of the molecule is O=[N+]([O-])c1ccc2c(c1)c1cc(Cl)ccc1n2C1CCCNCC1. The molecule has 6 heteroatoms. The molecule has 124 valence electrons. The highest BCUT2D eigenvalue weighted by molar-refractivity contribution is 6.31. The van der Waals surface area contributed by atoms with Gasteiger partial charge < -0.3 is 9.88 Å². The predicted octanol–water partition coefficient (Wildman–Crippen LogP) is 4.67. The highest BCUT2D eigenvalue weighted by atomic mass is 35.5. The number of non-ortho nitro benzene ring substituents is 1. The number of hydrogen-bond acceptors (Lipinski definition) is 3. The Morgan fingerprint density at radius 1 is 1.08 bits per heavy atom. The summed E-state index contributed by atoms with van der Waals surface area (Å²) in [6, 6.07) is 11.4. The van der Waals surface area contributed by atoms with Crippen molar-refractivity contribution in [2.24, 2.45) is 0 Å². The van der Waals surface area contributed by atoms with E-state index in [1.165, 1.54) is 0 Å². The Bertz CT molecular complexity index is 927. The zero-order valence-corrected chi connectivity index (χ0v) is 13.9. The van der Waals surface area contributed by atoms with Crippen LogP contribution in [0.4, 0.5) is 5.69 Å². The molecule has 0 spiro atoms. The van der Waals surface area contributed by atoms with Gasteiger partial charge in [-0.3, -0.25) is 10.1 Å². The first-order chi connectivity index (χ1) is 11.6. The van der Waals surface area contributed by atoms with Gasteiger partial charge in [-0.1, -0.05) is 11.6 Å².